The molecular weight excluding hydrogens is 478 g/mol. The van der Waals surface area contributed by atoms with Crippen molar-refractivity contribution in [1.29, 1.82) is 0 Å². The van der Waals surface area contributed by atoms with E-state index in [2.05, 4.69) is 41.1 Å². The summed E-state index contributed by atoms with van der Waals surface area (Å²) in [5, 5.41) is 3.19. The second-order valence-corrected chi connectivity index (χ2v) is 9.62. The summed E-state index contributed by atoms with van der Waals surface area (Å²) >= 11 is 11.6. The Kier molecular flexibility index (Phi) is 7.24. The Hall–Kier alpha value is -3.22. The van der Waals surface area contributed by atoms with E-state index < -0.39 is 11.8 Å². The van der Waals surface area contributed by atoms with Gasteiger partial charge in [-0.3, -0.25) is 19.8 Å². The van der Waals surface area contributed by atoms with Gasteiger partial charge in [0.1, 0.15) is 5.57 Å². The number of thiocarbonyl (C=S) groups is 1. The molecule has 1 aromatic heterocycles. The fourth-order valence-corrected chi connectivity index (χ4v) is 4.75. The molecule has 0 unspecified atom stereocenters. The Bertz CT molecular complexity index is 1360. The molecule has 0 aliphatic carbocycles. The molecule has 4 rings (SSSR count). The third-order valence-electron chi connectivity index (χ3n) is 6.30. The second kappa shape index (κ2) is 10.2. The molecule has 2 heterocycles. The van der Waals surface area contributed by atoms with Crippen molar-refractivity contribution in [2.45, 2.75) is 47.0 Å². The third kappa shape index (κ3) is 4.95. The van der Waals surface area contributed by atoms with E-state index in [1.165, 1.54) is 23.3 Å². The van der Waals surface area contributed by atoms with Crippen LogP contribution in [0.4, 0.5) is 5.69 Å². The van der Waals surface area contributed by atoms with Crippen molar-refractivity contribution < 1.29 is 9.59 Å². The standard InChI is InChI=1S/C28H28ClN3O2S/c1-5-6-7-20-9-12-22(13-10-20)31-18(3)14-21(19(31)4)15-24-26(33)30-28(35)32(27(24)34)23-11-8-17(2)25(29)16-23/h8-16H,5-7H2,1-4H3,(H,30,33,35)/b24-15+. The van der Waals surface area contributed by atoms with E-state index in [0.717, 1.165) is 34.6 Å². The molecule has 180 valence electrons. The first-order chi connectivity index (χ1) is 16.7. The lowest BCUT2D eigenvalue weighted by Crippen LogP contribution is -2.54. The van der Waals surface area contributed by atoms with Crippen LogP contribution in [0.2, 0.25) is 5.02 Å². The average Bonchev–Trinajstić information content (AvgIpc) is 3.10. The van der Waals surface area contributed by atoms with Gasteiger partial charge in [0.05, 0.1) is 5.69 Å². The number of nitrogens with zero attached hydrogens (tertiary/aromatic N) is 2. The maximum atomic E-state index is 13.4. The van der Waals surface area contributed by atoms with Crippen LogP contribution in [0.25, 0.3) is 11.8 Å². The summed E-state index contributed by atoms with van der Waals surface area (Å²) in [5.41, 5.74) is 6.52. The van der Waals surface area contributed by atoms with Gasteiger partial charge in [-0.05, 0) is 98.9 Å². The van der Waals surface area contributed by atoms with E-state index in [1.54, 1.807) is 18.2 Å². The number of carbonyl (C=O) groups excluding carboxylic acids is 2. The van der Waals surface area contributed by atoms with Crippen molar-refractivity contribution >= 4 is 52.5 Å². The molecule has 35 heavy (non-hydrogen) atoms. The molecule has 0 bridgehead atoms. The molecule has 1 aliphatic heterocycles. The van der Waals surface area contributed by atoms with Gasteiger partial charge in [0.15, 0.2) is 5.11 Å². The highest BCUT2D eigenvalue weighted by Gasteiger charge is 2.35. The number of rotatable bonds is 6. The molecule has 0 atom stereocenters. The number of carbonyl (C=O) groups is 2. The number of benzene rings is 2. The first-order valence-electron chi connectivity index (χ1n) is 11.7. The zero-order valence-electron chi connectivity index (χ0n) is 20.3. The molecule has 2 aromatic carbocycles. The smallest absolute Gasteiger partial charge is 0.270 e. The highest BCUT2D eigenvalue weighted by Crippen LogP contribution is 2.28. The number of hydrogen-bond donors (Lipinski definition) is 1. The number of aromatic nitrogens is 1. The number of halogens is 1. The number of amides is 2. The summed E-state index contributed by atoms with van der Waals surface area (Å²) in [6.07, 6.45) is 5.04. The number of hydrogen-bond acceptors (Lipinski definition) is 3. The van der Waals surface area contributed by atoms with Crippen LogP contribution < -0.4 is 10.2 Å². The largest absolute Gasteiger partial charge is 0.318 e. The Labute approximate surface area is 216 Å². The summed E-state index contributed by atoms with van der Waals surface area (Å²) in [6, 6.07) is 15.8. The van der Waals surface area contributed by atoms with Crippen molar-refractivity contribution in [2.24, 2.45) is 0 Å². The van der Waals surface area contributed by atoms with Gasteiger partial charge in [0.25, 0.3) is 11.8 Å². The van der Waals surface area contributed by atoms with Gasteiger partial charge in [0.2, 0.25) is 0 Å². The van der Waals surface area contributed by atoms with E-state index in [9.17, 15) is 9.59 Å². The number of anilines is 1. The molecule has 3 aromatic rings. The molecule has 0 spiro atoms. The number of unbranched alkanes of at least 4 members (excludes halogenated alkanes) is 1. The molecule has 1 fully saturated rings. The van der Waals surface area contributed by atoms with Gasteiger partial charge in [-0.2, -0.15) is 0 Å². The number of aryl methyl sites for hydroxylation is 3. The van der Waals surface area contributed by atoms with Gasteiger partial charge in [-0.25, -0.2) is 0 Å². The zero-order chi connectivity index (χ0) is 25.3. The lowest BCUT2D eigenvalue weighted by molar-refractivity contribution is -0.122. The Balaban J connectivity index is 1.69. The molecule has 5 nitrogen and oxygen atoms in total. The van der Waals surface area contributed by atoms with Crippen LogP contribution in [0.1, 0.15) is 47.8 Å². The van der Waals surface area contributed by atoms with Gasteiger partial charge in [-0.1, -0.05) is 43.1 Å². The Morgan fingerprint density at radius 2 is 1.69 bits per heavy atom. The van der Waals surface area contributed by atoms with Crippen LogP contribution in [0.15, 0.2) is 54.1 Å². The topological polar surface area (TPSA) is 54.3 Å². The van der Waals surface area contributed by atoms with Gasteiger partial charge >= 0.3 is 0 Å². The zero-order valence-corrected chi connectivity index (χ0v) is 21.9. The summed E-state index contributed by atoms with van der Waals surface area (Å²) in [5.74, 6) is -0.997. The van der Waals surface area contributed by atoms with E-state index in [4.69, 9.17) is 23.8 Å². The molecule has 1 N–H and O–H groups in total. The van der Waals surface area contributed by atoms with Crippen LogP contribution in [0, 0.1) is 20.8 Å². The van der Waals surface area contributed by atoms with Crippen LogP contribution in [-0.2, 0) is 16.0 Å². The quantitative estimate of drug-likeness (QED) is 0.245. The second-order valence-electron chi connectivity index (χ2n) is 8.82. The Morgan fingerprint density at radius 1 is 1.00 bits per heavy atom. The molecule has 2 amide bonds. The summed E-state index contributed by atoms with van der Waals surface area (Å²) in [7, 11) is 0. The van der Waals surface area contributed by atoms with Crippen LogP contribution >= 0.6 is 23.8 Å². The van der Waals surface area contributed by atoms with E-state index in [1.807, 2.05) is 32.9 Å². The monoisotopic (exact) mass is 505 g/mol. The molecule has 0 saturated carbocycles. The normalized spacial score (nSPS) is 15.2. The lowest BCUT2D eigenvalue weighted by Gasteiger charge is -2.29. The minimum atomic E-state index is -0.514. The lowest BCUT2D eigenvalue weighted by atomic mass is 10.1. The molecule has 1 saturated heterocycles. The van der Waals surface area contributed by atoms with Gasteiger partial charge in [0, 0.05) is 22.1 Å². The summed E-state index contributed by atoms with van der Waals surface area (Å²) in [4.78, 5) is 27.5. The Morgan fingerprint density at radius 3 is 2.34 bits per heavy atom. The van der Waals surface area contributed by atoms with Crippen LogP contribution in [0.3, 0.4) is 0 Å². The van der Waals surface area contributed by atoms with Crippen LogP contribution in [-0.4, -0.2) is 21.5 Å². The van der Waals surface area contributed by atoms with Crippen molar-refractivity contribution in [3.63, 3.8) is 0 Å². The fourth-order valence-electron chi connectivity index (χ4n) is 4.29. The molecular formula is C28H28ClN3O2S. The van der Waals surface area contributed by atoms with E-state index in [0.29, 0.717) is 10.7 Å². The SMILES string of the molecule is CCCCc1ccc(-n2c(C)cc(/C=C3\C(=O)NC(=S)N(c4ccc(C)c(Cl)c4)C3=O)c2C)cc1. The molecule has 0 radical (unpaired) electrons. The van der Waals surface area contributed by atoms with Crippen LogP contribution in [0.5, 0.6) is 0 Å². The third-order valence-corrected chi connectivity index (χ3v) is 6.99. The van der Waals surface area contributed by atoms with Crippen molar-refractivity contribution in [3.8, 4) is 5.69 Å². The predicted molar refractivity (Wildman–Crippen MR) is 146 cm³/mol. The van der Waals surface area contributed by atoms with Gasteiger partial charge in [-0.15, -0.1) is 0 Å². The van der Waals surface area contributed by atoms with E-state index >= 15 is 0 Å². The van der Waals surface area contributed by atoms with Crippen molar-refractivity contribution in [2.75, 3.05) is 4.90 Å². The average molecular weight is 506 g/mol. The fraction of sp³-hybridized carbons (Fsp3) is 0.250. The highest BCUT2D eigenvalue weighted by molar-refractivity contribution is 7.80. The molecule has 7 heteroatoms. The van der Waals surface area contributed by atoms with Crippen molar-refractivity contribution in [3.05, 3.63) is 87.2 Å². The number of nitrogens with one attached hydrogen (secondary N) is 1. The maximum absolute atomic E-state index is 13.4. The van der Waals surface area contributed by atoms with E-state index in [-0.39, 0.29) is 10.7 Å². The first-order valence-corrected chi connectivity index (χ1v) is 12.5. The minimum absolute atomic E-state index is 0.0189. The maximum Gasteiger partial charge on any atom is 0.270 e. The summed E-state index contributed by atoms with van der Waals surface area (Å²) in [6.45, 7) is 8.07. The molecule has 1 aliphatic rings. The van der Waals surface area contributed by atoms with Gasteiger partial charge < -0.3 is 4.57 Å². The van der Waals surface area contributed by atoms with Crippen molar-refractivity contribution in [1.82, 2.24) is 9.88 Å². The minimum Gasteiger partial charge on any atom is -0.318 e. The summed E-state index contributed by atoms with van der Waals surface area (Å²) < 4.78 is 2.13. The predicted octanol–water partition coefficient (Wildman–Crippen LogP) is 6.23. The highest BCUT2D eigenvalue weighted by atomic mass is 35.5. The first kappa shape index (κ1) is 24.9.